The van der Waals surface area contributed by atoms with Crippen LogP contribution in [0.3, 0.4) is 0 Å². The summed E-state index contributed by atoms with van der Waals surface area (Å²) >= 11 is 1.86. The number of nitrogens with zero attached hydrogens (tertiary/aromatic N) is 1. The van der Waals surface area contributed by atoms with Crippen LogP contribution >= 0.6 is 11.3 Å². The minimum absolute atomic E-state index is 1.09. The molecule has 64 heavy (non-hydrogen) atoms. The highest BCUT2D eigenvalue weighted by atomic mass is 32.1. The van der Waals surface area contributed by atoms with E-state index >= 15 is 0 Å². The van der Waals surface area contributed by atoms with Crippen LogP contribution in [0.15, 0.2) is 249 Å². The third-order valence-corrected chi connectivity index (χ3v) is 13.8. The van der Waals surface area contributed by atoms with E-state index in [9.17, 15) is 0 Å². The maximum atomic E-state index is 2.54. The van der Waals surface area contributed by atoms with Gasteiger partial charge in [0.2, 0.25) is 0 Å². The number of anilines is 3. The second kappa shape index (κ2) is 16.0. The number of thiophene rings is 1. The van der Waals surface area contributed by atoms with Gasteiger partial charge in [0.05, 0.1) is 5.69 Å². The molecule has 0 N–H and O–H groups in total. The van der Waals surface area contributed by atoms with Gasteiger partial charge in [-0.3, -0.25) is 0 Å². The Hall–Kier alpha value is -8.04. The molecule has 300 valence electrons. The van der Waals surface area contributed by atoms with Gasteiger partial charge in [0.25, 0.3) is 0 Å². The quantitative estimate of drug-likeness (QED) is 0.138. The van der Waals surface area contributed by atoms with E-state index in [-0.39, 0.29) is 0 Å². The Morgan fingerprint density at radius 3 is 1.31 bits per heavy atom. The molecule has 0 saturated heterocycles. The van der Waals surface area contributed by atoms with Crippen LogP contribution in [0.2, 0.25) is 0 Å². The molecule has 0 aliphatic heterocycles. The Kier molecular flexibility index (Phi) is 9.43. The first-order valence-electron chi connectivity index (χ1n) is 21.9. The first-order chi connectivity index (χ1) is 31.7. The second-order valence-corrected chi connectivity index (χ2v) is 17.5. The van der Waals surface area contributed by atoms with Gasteiger partial charge in [-0.15, -0.1) is 11.3 Å². The van der Waals surface area contributed by atoms with E-state index < -0.39 is 0 Å². The van der Waals surface area contributed by atoms with Gasteiger partial charge >= 0.3 is 0 Å². The van der Waals surface area contributed by atoms with Crippen LogP contribution in [0.5, 0.6) is 0 Å². The fourth-order valence-corrected chi connectivity index (χ4v) is 10.8. The van der Waals surface area contributed by atoms with Gasteiger partial charge < -0.3 is 4.90 Å². The summed E-state index contributed by atoms with van der Waals surface area (Å²) in [7, 11) is 0. The van der Waals surface area contributed by atoms with Crippen LogP contribution in [-0.2, 0) is 0 Å². The predicted octanol–water partition coefficient (Wildman–Crippen LogP) is 18.2. The van der Waals surface area contributed by atoms with Crippen LogP contribution < -0.4 is 4.90 Å². The van der Waals surface area contributed by atoms with E-state index in [1.807, 2.05) is 11.3 Å². The molecule has 0 bridgehead atoms. The molecule has 1 heterocycles. The highest BCUT2D eigenvalue weighted by molar-refractivity contribution is 7.25. The number of hydrogen-bond donors (Lipinski definition) is 0. The monoisotopic (exact) mass is 831 g/mol. The van der Waals surface area contributed by atoms with Crippen LogP contribution in [0.25, 0.3) is 97.4 Å². The van der Waals surface area contributed by atoms with E-state index in [4.69, 9.17) is 0 Å². The topological polar surface area (TPSA) is 3.24 Å². The van der Waals surface area contributed by atoms with Crippen LogP contribution in [0.4, 0.5) is 17.1 Å². The normalized spacial score (nSPS) is 11.4. The number of rotatable bonds is 8. The Morgan fingerprint density at radius 1 is 0.250 bits per heavy atom. The molecule has 0 atom stereocenters. The summed E-state index contributed by atoms with van der Waals surface area (Å²) in [4.78, 5) is 2.54. The molecule has 11 aromatic carbocycles. The SMILES string of the molecule is c1ccc(-c2ccc(-c3ccc(N(c4ccc5c(c4)sc4ccccc45)c4c(-c5ccc(-c6ccccc6)cc5)c5ccccc5c5ccccc45)cc3-c3ccccc3)cc2)cc1. The van der Waals surface area contributed by atoms with Crippen molar-refractivity contribution in [3.05, 3.63) is 249 Å². The van der Waals surface area contributed by atoms with Crippen molar-refractivity contribution >= 4 is 70.1 Å². The Labute approximate surface area is 377 Å². The van der Waals surface area contributed by atoms with Gasteiger partial charge in [0.1, 0.15) is 0 Å². The summed E-state index contributed by atoms with van der Waals surface area (Å²) in [5.74, 6) is 0. The van der Waals surface area contributed by atoms with Crippen molar-refractivity contribution in [2.75, 3.05) is 4.90 Å². The molecule has 0 amide bonds. The standard InChI is InChI=1S/C62H41NS/c1-4-16-42(17-5-1)44-28-32-47(33-29-44)51-38-36-49(40-58(51)46-20-8-3-9-21-46)63(50-37-39-55-54-24-14-15-27-59(54)64-60(55)41-50)62-57-26-13-11-23-53(57)52-22-10-12-25-56(52)61(62)48-34-30-45(31-35-48)43-18-6-2-7-19-43/h1-41H. The molecule has 0 aliphatic rings. The minimum Gasteiger partial charge on any atom is -0.309 e. The summed E-state index contributed by atoms with van der Waals surface area (Å²) in [5, 5.41) is 7.46. The zero-order valence-electron chi connectivity index (χ0n) is 35.0. The average molecular weight is 832 g/mol. The lowest BCUT2D eigenvalue weighted by Crippen LogP contribution is -2.12. The molecular weight excluding hydrogens is 791 g/mol. The molecular formula is C62H41NS. The highest BCUT2D eigenvalue weighted by Crippen LogP contribution is 2.51. The van der Waals surface area contributed by atoms with Crippen LogP contribution in [0, 0.1) is 0 Å². The maximum absolute atomic E-state index is 2.54. The molecule has 0 fully saturated rings. The Bertz CT molecular complexity index is 3630. The molecule has 12 rings (SSSR count). The highest BCUT2D eigenvalue weighted by Gasteiger charge is 2.25. The lowest BCUT2D eigenvalue weighted by molar-refractivity contribution is 1.31. The van der Waals surface area contributed by atoms with Crippen molar-refractivity contribution in [1.82, 2.24) is 0 Å². The van der Waals surface area contributed by atoms with E-state index in [0.29, 0.717) is 0 Å². The van der Waals surface area contributed by atoms with Crippen molar-refractivity contribution in [3.8, 4) is 55.6 Å². The summed E-state index contributed by atoms with van der Waals surface area (Å²) in [6, 6.07) is 91.1. The van der Waals surface area contributed by atoms with Crippen molar-refractivity contribution in [3.63, 3.8) is 0 Å². The van der Waals surface area contributed by atoms with Crippen LogP contribution in [-0.4, -0.2) is 0 Å². The fourth-order valence-electron chi connectivity index (χ4n) is 9.62. The average Bonchev–Trinajstić information content (AvgIpc) is 3.75. The lowest BCUT2D eigenvalue weighted by atomic mass is 9.88. The molecule has 1 aromatic heterocycles. The summed E-state index contributed by atoms with van der Waals surface area (Å²) in [5.41, 5.74) is 15.3. The Balaban J connectivity index is 1.14. The van der Waals surface area contributed by atoms with Crippen molar-refractivity contribution in [1.29, 1.82) is 0 Å². The molecule has 0 saturated carbocycles. The molecule has 0 aliphatic carbocycles. The summed E-state index contributed by atoms with van der Waals surface area (Å²) < 4.78 is 2.56. The van der Waals surface area contributed by atoms with Gasteiger partial charge in [-0.2, -0.15) is 0 Å². The van der Waals surface area contributed by atoms with Gasteiger partial charge in [-0.1, -0.05) is 218 Å². The number of fused-ring (bicyclic) bond motifs is 6. The van der Waals surface area contributed by atoms with E-state index in [2.05, 4.69) is 254 Å². The number of benzene rings is 11. The molecule has 0 radical (unpaired) electrons. The van der Waals surface area contributed by atoms with Gasteiger partial charge in [-0.25, -0.2) is 0 Å². The van der Waals surface area contributed by atoms with Crippen molar-refractivity contribution in [2.24, 2.45) is 0 Å². The summed E-state index contributed by atoms with van der Waals surface area (Å²) in [6.07, 6.45) is 0. The molecule has 0 spiro atoms. The van der Waals surface area contributed by atoms with E-state index in [1.54, 1.807) is 0 Å². The molecule has 0 unspecified atom stereocenters. The minimum atomic E-state index is 1.09. The molecule has 12 aromatic rings. The Morgan fingerprint density at radius 2 is 0.672 bits per heavy atom. The largest absolute Gasteiger partial charge is 0.309 e. The molecule has 1 nitrogen and oxygen atoms in total. The molecule has 2 heteroatoms. The van der Waals surface area contributed by atoms with E-state index in [0.717, 1.165) is 17.1 Å². The third-order valence-electron chi connectivity index (χ3n) is 12.7. The van der Waals surface area contributed by atoms with Crippen molar-refractivity contribution < 1.29 is 0 Å². The van der Waals surface area contributed by atoms with E-state index in [1.165, 1.54) is 97.4 Å². The fraction of sp³-hybridized carbons (Fsp3) is 0. The van der Waals surface area contributed by atoms with Crippen LogP contribution in [0.1, 0.15) is 0 Å². The summed E-state index contributed by atoms with van der Waals surface area (Å²) in [6.45, 7) is 0. The number of hydrogen-bond acceptors (Lipinski definition) is 2. The zero-order valence-corrected chi connectivity index (χ0v) is 35.8. The van der Waals surface area contributed by atoms with Gasteiger partial charge in [-0.05, 0) is 96.6 Å². The van der Waals surface area contributed by atoms with Crippen molar-refractivity contribution in [2.45, 2.75) is 0 Å². The van der Waals surface area contributed by atoms with Gasteiger partial charge in [0, 0.05) is 42.5 Å². The lowest BCUT2D eigenvalue weighted by Gasteiger charge is -2.31. The zero-order chi connectivity index (χ0) is 42.4. The third kappa shape index (κ3) is 6.64. The first-order valence-corrected chi connectivity index (χ1v) is 22.7. The smallest absolute Gasteiger partial charge is 0.0624 e. The first kappa shape index (κ1) is 37.7. The predicted molar refractivity (Wildman–Crippen MR) is 276 cm³/mol. The maximum Gasteiger partial charge on any atom is 0.0624 e. The second-order valence-electron chi connectivity index (χ2n) is 16.4. The van der Waals surface area contributed by atoms with Gasteiger partial charge in [0.15, 0.2) is 0 Å².